The molecule has 1 amide bonds. The molecule has 166 valence electrons. The summed E-state index contributed by atoms with van der Waals surface area (Å²) in [7, 11) is 0. The van der Waals surface area contributed by atoms with Gasteiger partial charge < -0.3 is 15.3 Å². The predicted molar refractivity (Wildman–Crippen MR) is 116 cm³/mol. The zero-order valence-corrected chi connectivity index (χ0v) is 17.7. The Hall–Kier alpha value is -3.40. The molecule has 1 saturated carbocycles. The van der Waals surface area contributed by atoms with Gasteiger partial charge >= 0.3 is 0 Å². The van der Waals surface area contributed by atoms with Gasteiger partial charge in [0.25, 0.3) is 0 Å². The van der Waals surface area contributed by atoms with Gasteiger partial charge in [-0.1, -0.05) is 0 Å². The first kappa shape index (κ1) is 20.5. The van der Waals surface area contributed by atoms with E-state index in [-0.39, 0.29) is 18.6 Å². The van der Waals surface area contributed by atoms with Crippen LogP contribution in [0, 0.1) is 18.7 Å². The van der Waals surface area contributed by atoms with Crippen LogP contribution in [-0.2, 0) is 4.79 Å². The molecule has 1 fully saturated rings. The minimum absolute atomic E-state index is 0.131. The van der Waals surface area contributed by atoms with Gasteiger partial charge in [-0.15, -0.1) is 0 Å². The molecular weight excluding hydrogens is 413 g/mol. The largest absolute Gasteiger partial charge is 0.393 e. The number of nitrogens with zero attached hydrogens (tertiary/aromatic N) is 5. The number of hydrogen-bond donors (Lipinski definition) is 3. The number of amides is 1. The second-order valence-corrected chi connectivity index (χ2v) is 8.50. The summed E-state index contributed by atoms with van der Waals surface area (Å²) in [6.07, 6.45) is 6.10. The molecule has 1 aromatic carbocycles. The number of anilines is 2. The molecule has 10 heteroatoms. The average Bonchev–Trinajstić information content (AvgIpc) is 3.31. The molecule has 0 unspecified atom stereocenters. The van der Waals surface area contributed by atoms with E-state index in [4.69, 9.17) is 4.98 Å². The number of aromatic nitrogens is 5. The van der Waals surface area contributed by atoms with Gasteiger partial charge in [-0.05, 0) is 56.2 Å². The highest BCUT2D eigenvalue weighted by Crippen LogP contribution is 2.34. The molecule has 3 N–H and O–H groups in total. The van der Waals surface area contributed by atoms with Crippen LogP contribution in [0.15, 0.2) is 24.7 Å². The zero-order valence-electron chi connectivity index (χ0n) is 17.7. The van der Waals surface area contributed by atoms with Crippen molar-refractivity contribution in [2.24, 2.45) is 5.92 Å². The third-order valence-electron chi connectivity index (χ3n) is 6.19. The summed E-state index contributed by atoms with van der Waals surface area (Å²) in [5.74, 6) is 1.09. The van der Waals surface area contributed by atoms with Crippen molar-refractivity contribution in [3.8, 4) is 22.6 Å². The first-order chi connectivity index (χ1) is 15.5. The van der Waals surface area contributed by atoms with Crippen molar-refractivity contribution in [1.29, 1.82) is 0 Å². The molecule has 9 nitrogen and oxygen atoms in total. The highest BCUT2D eigenvalue weighted by Gasteiger charge is 2.29. The number of rotatable bonds is 4. The molecule has 3 aromatic rings. The summed E-state index contributed by atoms with van der Waals surface area (Å²) in [6, 6.07) is 3.12. The lowest BCUT2D eigenvalue weighted by Gasteiger charge is -2.34. The van der Waals surface area contributed by atoms with Crippen molar-refractivity contribution >= 4 is 17.5 Å². The van der Waals surface area contributed by atoms with E-state index in [0.29, 0.717) is 46.7 Å². The van der Waals surface area contributed by atoms with Gasteiger partial charge in [0, 0.05) is 12.1 Å². The monoisotopic (exact) mass is 437 g/mol. The van der Waals surface area contributed by atoms with E-state index in [1.165, 1.54) is 12.4 Å². The summed E-state index contributed by atoms with van der Waals surface area (Å²) in [5.41, 5.74) is 2.27. The fraction of sp³-hybridized carbons (Fsp3) is 0.409. The van der Waals surface area contributed by atoms with Crippen molar-refractivity contribution in [2.75, 3.05) is 23.3 Å². The minimum Gasteiger partial charge on any atom is -0.393 e. The molecule has 1 aliphatic heterocycles. The Morgan fingerprint density at radius 1 is 1.19 bits per heavy atom. The highest BCUT2D eigenvalue weighted by atomic mass is 19.1. The van der Waals surface area contributed by atoms with Gasteiger partial charge in [-0.3, -0.25) is 9.89 Å². The summed E-state index contributed by atoms with van der Waals surface area (Å²) in [6.45, 7) is 2.74. The third kappa shape index (κ3) is 3.93. The number of halogens is 1. The molecule has 2 aliphatic rings. The van der Waals surface area contributed by atoms with E-state index in [9.17, 15) is 14.3 Å². The van der Waals surface area contributed by atoms with Gasteiger partial charge in [0.05, 0.1) is 30.1 Å². The maximum Gasteiger partial charge on any atom is 0.245 e. The SMILES string of the molecule is Cc1cc(-c2nc[nH]n2)c(F)cc1-c1cnc2c(n1)N(C[C@H]1CC[C@@H](O)CC1)CC(=O)N2. The van der Waals surface area contributed by atoms with Crippen LogP contribution in [0.2, 0.25) is 0 Å². The van der Waals surface area contributed by atoms with Crippen LogP contribution < -0.4 is 10.2 Å². The number of aliphatic hydroxyl groups excluding tert-OH is 1. The first-order valence-electron chi connectivity index (χ1n) is 10.7. The fourth-order valence-electron chi connectivity index (χ4n) is 4.50. The quantitative estimate of drug-likeness (QED) is 0.574. The molecular formula is C22H24FN7O2. The van der Waals surface area contributed by atoms with Gasteiger partial charge in [0.1, 0.15) is 12.1 Å². The Morgan fingerprint density at radius 3 is 2.75 bits per heavy atom. The summed E-state index contributed by atoms with van der Waals surface area (Å²) >= 11 is 0. The Bertz CT molecular complexity index is 1140. The smallest absolute Gasteiger partial charge is 0.245 e. The van der Waals surface area contributed by atoms with Crippen LogP contribution in [0.5, 0.6) is 0 Å². The van der Waals surface area contributed by atoms with E-state index >= 15 is 0 Å². The zero-order chi connectivity index (χ0) is 22.2. The van der Waals surface area contributed by atoms with E-state index in [1.54, 1.807) is 12.3 Å². The maximum atomic E-state index is 14.9. The second kappa shape index (κ2) is 8.27. The number of carbonyl (C=O) groups excluding carboxylic acids is 1. The number of aromatic amines is 1. The lowest BCUT2D eigenvalue weighted by atomic mass is 9.87. The topological polar surface area (TPSA) is 120 Å². The molecule has 2 aromatic heterocycles. The minimum atomic E-state index is -0.448. The molecule has 0 saturated heterocycles. The van der Waals surface area contributed by atoms with Crippen LogP contribution in [0.3, 0.4) is 0 Å². The Kier molecular flexibility index (Phi) is 5.30. The van der Waals surface area contributed by atoms with Crippen LogP contribution in [0.25, 0.3) is 22.6 Å². The molecule has 0 bridgehead atoms. The van der Waals surface area contributed by atoms with Crippen LogP contribution in [-0.4, -0.2) is 55.4 Å². The van der Waals surface area contributed by atoms with Crippen LogP contribution >= 0.6 is 0 Å². The van der Waals surface area contributed by atoms with Gasteiger partial charge in [0.2, 0.25) is 5.91 Å². The van der Waals surface area contributed by atoms with Gasteiger partial charge in [0.15, 0.2) is 17.5 Å². The van der Waals surface area contributed by atoms with Crippen molar-refractivity contribution in [3.05, 3.63) is 36.0 Å². The summed E-state index contributed by atoms with van der Waals surface area (Å²) < 4.78 is 14.9. The number of fused-ring (bicyclic) bond motifs is 1. The number of nitrogens with one attached hydrogen (secondary N) is 2. The highest BCUT2D eigenvalue weighted by molar-refractivity contribution is 5.99. The van der Waals surface area contributed by atoms with Crippen molar-refractivity contribution in [3.63, 3.8) is 0 Å². The Balaban J connectivity index is 1.47. The molecule has 3 heterocycles. The molecule has 32 heavy (non-hydrogen) atoms. The molecule has 0 atom stereocenters. The molecule has 1 aliphatic carbocycles. The van der Waals surface area contributed by atoms with E-state index in [2.05, 4.69) is 25.5 Å². The van der Waals surface area contributed by atoms with E-state index in [1.807, 2.05) is 11.8 Å². The lowest BCUT2D eigenvalue weighted by Crippen LogP contribution is -2.42. The van der Waals surface area contributed by atoms with Crippen molar-refractivity contribution in [2.45, 2.75) is 38.7 Å². The number of benzene rings is 1. The van der Waals surface area contributed by atoms with Crippen LogP contribution in [0.4, 0.5) is 16.0 Å². The van der Waals surface area contributed by atoms with Gasteiger partial charge in [-0.25, -0.2) is 19.3 Å². The van der Waals surface area contributed by atoms with Crippen molar-refractivity contribution in [1.82, 2.24) is 25.1 Å². The number of H-pyrrole nitrogens is 1. The van der Waals surface area contributed by atoms with E-state index in [0.717, 1.165) is 31.2 Å². The average molecular weight is 437 g/mol. The standard InChI is InChI=1S/C22H24FN7O2/c1-12-6-16(20-25-11-26-29-20)17(23)7-15(12)18-8-24-21-22(27-18)30(10-19(32)28-21)9-13-2-4-14(31)5-3-13/h6-8,11,13-14,31H,2-5,9-10H2,1H3,(H,24,28,32)(H,25,26,29)/t13-,14+. The van der Waals surface area contributed by atoms with Crippen molar-refractivity contribution < 1.29 is 14.3 Å². The lowest BCUT2D eigenvalue weighted by molar-refractivity contribution is -0.115. The first-order valence-corrected chi connectivity index (χ1v) is 10.7. The number of carbonyl (C=O) groups is 1. The summed E-state index contributed by atoms with van der Waals surface area (Å²) in [4.78, 5) is 27.4. The Morgan fingerprint density at radius 2 is 2.00 bits per heavy atom. The normalized spacial score (nSPS) is 20.7. The fourth-order valence-corrected chi connectivity index (χ4v) is 4.50. The van der Waals surface area contributed by atoms with Crippen LogP contribution in [0.1, 0.15) is 31.2 Å². The molecule has 5 rings (SSSR count). The van der Waals surface area contributed by atoms with Gasteiger partial charge in [-0.2, -0.15) is 5.10 Å². The number of aryl methyl sites for hydroxylation is 1. The third-order valence-corrected chi connectivity index (χ3v) is 6.19. The number of aliphatic hydroxyl groups is 1. The maximum absolute atomic E-state index is 14.9. The Labute approximate surface area is 184 Å². The van der Waals surface area contributed by atoms with E-state index < -0.39 is 5.82 Å². The summed E-state index contributed by atoms with van der Waals surface area (Å²) in [5, 5.41) is 19.1. The molecule has 0 radical (unpaired) electrons. The predicted octanol–water partition coefficient (Wildman–Crippen LogP) is 2.69. The molecule has 0 spiro atoms. The second-order valence-electron chi connectivity index (χ2n) is 8.50. The number of hydrogen-bond acceptors (Lipinski definition) is 7.